The molecule has 0 radical (unpaired) electrons. The van der Waals surface area contributed by atoms with Crippen LogP contribution in [0.5, 0.6) is 0 Å². The summed E-state index contributed by atoms with van der Waals surface area (Å²) >= 11 is 0. The Hall–Kier alpha value is -3.49. The van der Waals surface area contributed by atoms with Gasteiger partial charge in [-0.3, -0.25) is 14.5 Å². The van der Waals surface area contributed by atoms with E-state index in [4.69, 9.17) is 14.5 Å². The third kappa shape index (κ3) is 4.34. The minimum absolute atomic E-state index is 0.0423. The van der Waals surface area contributed by atoms with Gasteiger partial charge in [-0.2, -0.15) is 5.10 Å². The van der Waals surface area contributed by atoms with Gasteiger partial charge in [0.05, 0.1) is 48.2 Å². The third-order valence-corrected chi connectivity index (χ3v) is 6.49. The lowest BCUT2D eigenvalue weighted by molar-refractivity contribution is -0.149. The number of fused-ring (bicyclic) bond motifs is 1. The second-order valence-electron chi connectivity index (χ2n) is 10.1. The van der Waals surface area contributed by atoms with Gasteiger partial charge >= 0.3 is 12.1 Å². The first-order valence-electron chi connectivity index (χ1n) is 11.6. The summed E-state index contributed by atoms with van der Waals surface area (Å²) in [6, 6.07) is 6.28. The zero-order valence-corrected chi connectivity index (χ0v) is 19.9. The number of carbonyl (C=O) groups excluding carboxylic acids is 2. The van der Waals surface area contributed by atoms with Crippen molar-refractivity contribution in [3.63, 3.8) is 0 Å². The molecule has 1 saturated heterocycles. The van der Waals surface area contributed by atoms with Gasteiger partial charge in [-0.05, 0) is 51.3 Å². The maximum atomic E-state index is 12.2. The molecule has 2 fully saturated rings. The molecule has 9 nitrogen and oxygen atoms in total. The Balaban J connectivity index is 1.27. The number of ether oxygens (including phenoxy) is 2. The number of methoxy groups -OCH3 is 1. The number of esters is 1. The molecule has 1 saturated carbocycles. The fraction of sp³-hybridized carbons (Fsp3) is 0.480. The van der Waals surface area contributed by atoms with Crippen LogP contribution in [0.1, 0.15) is 51.1 Å². The molecule has 9 heteroatoms. The summed E-state index contributed by atoms with van der Waals surface area (Å²) in [5.41, 5.74) is 3.92. The Kier molecular flexibility index (Phi) is 5.50. The molecule has 1 amide bonds. The van der Waals surface area contributed by atoms with Crippen LogP contribution in [0.25, 0.3) is 22.3 Å². The maximum Gasteiger partial charge on any atom is 0.410 e. The van der Waals surface area contributed by atoms with Gasteiger partial charge in [0.25, 0.3) is 0 Å². The van der Waals surface area contributed by atoms with Crippen LogP contribution in [0.4, 0.5) is 4.79 Å². The summed E-state index contributed by atoms with van der Waals surface area (Å²) in [7, 11) is 1.42. The average Bonchev–Trinajstić information content (AvgIpc) is 3.19. The third-order valence-electron chi connectivity index (χ3n) is 6.49. The quantitative estimate of drug-likeness (QED) is 0.540. The van der Waals surface area contributed by atoms with Crippen LogP contribution in [-0.2, 0) is 14.3 Å². The van der Waals surface area contributed by atoms with Crippen LogP contribution in [0.15, 0.2) is 36.8 Å². The smallest absolute Gasteiger partial charge is 0.410 e. The van der Waals surface area contributed by atoms with Gasteiger partial charge in [0.1, 0.15) is 5.60 Å². The van der Waals surface area contributed by atoms with Gasteiger partial charge in [0.2, 0.25) is 0 Å². The first kappa shape index (κ1) is 22.3. The van der Waals surface area contributed by atoms with Gasteiger partial charge in [0, 0.05) is 30.8 Å². The Labute approximate surface area is 198 Å². The number of benzene rings is 1. The van der Waals surface area contributed by atoms with Crippen LogP contribution >= 0.6 is 0 Å². The van der Waals surface area contributed by atoms with E-state index in [1.807, 2.05) is 37.7 Å². The van der Waals surface area contributed by atoms with Crippen LogP contribution in [0.3, 0.4) is 0 Å². The second-order valence-corrected chi connectivity index (χ2v) is 10.1. The average molecular weight is 464 g/mol. The van der Waals surface area contributed by atoms with E-state index >= 15 is 0 Å². The first-order valence-corrected chi connectivity index (χ1v) is 11.6. The number of aromatic nitrogens is 4. The molecule has 0 atom stereocenters. The fourth-order valence-electron chi connectivity index (χ4n) is 4.42. The number of nitrogens with zero attached hydrogens (tertiary/aromatic N) is 5. The summed E-state index contributed by atoms with van der Waals surface area (Å²) in [6.07, 6.45) is 6.71. The first-order chi connectivity index (χ1) is 16.2. The van der Waals surface area contributed by atoms with Crippen molar-refractivity contribution in [1.82, 2.24) is 24.6 Å². The highest BCUT2D eigenvalue weighted by atomic mass is 16.6. The van der Waals surface area contributed by atoms with Crippen molar-refractivity contribution < 1.29 is 19.1 Å². The van der Waals surface area contributed by atoms with E-state index in [0.717, 1.165) is 40.7 Å². The molecule has 2 aromatic heterocycles. The van der Waals surface area contributed by atoms with Crippen molar-refractivity contribution in [2.75, 3.05) is 20.2 Å². The van der Waals surface area contributed by atoms with E-state index in [1.165, 1.54) is 7.11 Å². The lowest BCUT2D eigenvalue weighted by Crippen LogP contribution is -2.50. The van der Waals surface area contributed by atoms with Crippen LogP contribution in [0.2, 0.25) is 0 Å². The molecule has 1 aliphatic heterocycles. The zero-order valence-electron chi connectivity index (χ0n) is 19.9. The van der Waals surface area contributed by atoms with E-state index in [2.05, 4.69) is 22.2 Å². The summed E-state index contributed by atoms with van der Waals surface area (Å²) in [6.45, 7) is 6.88. The topological polar surface area (TPSA) is 99.4 Å². The SMILES string of the molecule is COC(=O)C1CC(n2cc(-c3cnc4ccc(C5CN(C(=O)OC(C)(C)C)C5)cc4n3)cn2)C1. The molecule has 34 heavy (non-hydrogen) atoms. The predicted molar refractivity (Wildman–Crippen MR) is 125 cm³/mol. The molecule has 2 aliphatic rings. The monoisotopic (exact) mass is 463 g/mol. The standard InChI is InChI=1S/C25H29N5O4/c1-25(2,3)34-24(32)29-12-18(13-29)15-5-6-20-21(9-15)28-22(11-26-20)17-10-27-30(14-17)19-7-16(8-19)23(31)33-4/h5-6,9-11,14,16,18-19H,7-8,12-13H2,1-4H3. The Morgan fingerprint density at radius 2 is 1.85 bits per heavy atom. The summed E-state index contributed by atoms with van der Waals surface area (Å²) in [4.78, 5) is 35.0. The maximum absolute atomic E-state index is 12.2. The van der Waals surface area contributed by atoms with Gasteiger partial charge in [-0.25, -0.2) is 9.78 Å². The number of hydrogen-bond acceptors (Lipinski definition) is 7. The van der Waals surface area contributed by atoms with E-state index in [0.29, 0.717) is 13.1 Å². The van der Waals surface area contributed by atoms with E-state index in [-0.39, 0.29) is 29.9 Å². The van der Waals surface area contributed by atoms with Gasteiger partial charge in [-0.15, -0.1) is 0 Å². The van der Waals surface area contributed by atoms with E-state index in [1.54, 1.807) is 17.3 Å². The number of amides is 1. The molecule has 0 N–H and O–H groups in total. The number of hydrogen-bond donors (Lipinski definition) is 0. The van der Waals surface area contributed by atoms with Crippen molar-refractivity contribution in [2.45, 2.75) is 51.2 Å². The lowest BCUT2D eigenvalue weighted by atomic mass is 9.80. The number of rotatable bonds is 4. The molecule has 178 valence electrons. The summed E-state index contributed by atoms with van der Waals surface area (Å²) < 4.78 is 12.2. The van der Waals surface area contributed by atoms with Crippen LogP contribution in [-0.4, -0.2) is 62.5 Å². The minimum Gasteiger partial charge on any atom is -0.469 e. The second kappa shape index (κ2) is 8.38. The molecule has 1 aliphatic carbocycles. The Morgan fingerprint density at radius 1 is 1.09 bits per heavy atom. The number of likely N-dealkylation sites (tertiary alicyclic amines) is 1. The van der Waals surface area contributed by atoms with Crippen molar-refractivity contribution in [3.8, 4) is 11.3 Å². The zero-order chi connectivity index (χ0) is 24.0. The molecule has 3 heterocycles. The van der Waals surface area contributed by atoms with Crippen LogP contribution < -0.4 is 0 Å². The molecule has 5 rings (SSSR count). The van der Waals surface area contributed by atoms with Crippen molar-refractivity contribution in [1.29, 1.82) is 0 Å². The van der Waals surface area contributed by atoms with Gasteiger partial charge < -0.3 is 14.4 Å². The lowest BCUT2D eigenvalue weighted by Gasteiger charge is -2.40. The van der Waals surface area contributed by atoms with E-state index in [9.17, 15) is 9.59 Å². The van der Waals surface area contributed by atoms with Gasteiger partial charge in [0.15, 0.2) is 0 Å². The molecule has 1 aromatic carbocycles. The Bertz CT molecular complexity index is 1240. The largest absolute Gasteiger partial charge is 0.469 e. The summed E-state index contributed by atoms with van der Waals surface area (Å²) in [5, 5.41) is 4.48. The van der Waals surface area contributed by atoms with Crippen molar-refractivity contribution >= 4 is 23.1 Å². The minimum atomic E-state index is -0.493. The van der Waals surface area contributed by atoms with Crippen molar-refractivity contribution in [2.24, 2.45) is 5.92 Å². The Morgan fingerprint density at radius 3 is 2.56 bits per heavy atom. The number of carbonyl (C=O) groups is 2. The highest BCUT2D eigenvalue weighted by molar-refractivity contribution is 5.78. The van der Waals surface area contributed by atoms with E-state index < -0.39 is 5.60 Å². The fourth-order valence-corrected chi connectivity index (χ4v) is 4.42. The molecule has 0 spiro atoms. The molecule has 0 unspecified atom stereocenters. The predicted octanol–water partition coefficient (Wildman–Crippen LogP) is 3.95. The van der Waals surface area contributed by atoms with Crippen molar-refractivity contribution in [3.05, 3.63) is 42.4 Å². The molecular weight excluding hydrogens is 434 g/mol. The molecule has 3 aromatic rings. The molecular formula is C25H29N5O4. The van der Waals surface area contributed by atoms with Crippen LogP contribution in [0, 0.1) is 5.92 Å². The highest BCUT2D eigenvalue weighted by Crippen LogP contribution is 2.38. The van der Waals surface area contributed by atoms with Gasteiger partial charge in [-0.1, -0.05) is 6.07 Å². The molecule has 0 bridgehead atoms. The summed E-state index contributed by atoms with van der Waals surface area (Å²) in [5.74, 6) is 0.0614. The normalized spacial score (nSPS) is 20.5. The highest BCUT2D eigenvalue weighted by Gasteiger charge is 2.37.